The molecule has 0 saturated carbocycles. The van der Waals surface area contributed by atoms with Gasteiger partial charge in [0.1, 0.15) is 9.92 Å². The molecule has 0 N–H and O–H groups in total. The van der Waals surface area contributed by atoms with Gasteiger partial charge in [0.05, 0.1) is 4.92 Å². The minimum atomic E-state index is -0.579. The maximum Gasteiger partial charge on any atom is 0.305 e. The van der Waals surface area contributed by atoms with Gasteiger partial charge in [-0.2, -0.15) is 0 Å². The van der Waals surface area contributed by atoms with E-state index in [1.807, 2.05) is 0 Å². The van der Waals surface area contributed by atoms with Crippen LogP contribution in [0.1, 0.15) is 0 Å². The molecule has 0 spiro atoms. The van der Waals surface area contributed by atoms with Crippen LogP contribution < -0.4 is 0 Å². The molecule has 0 saturated heterocycles. The van der Waals surface area contributed by atoms with Crippen LogP contribution in [0.5, 0.6) is 0 Å². The Balaban J connectivity index is 3.32. The quantitative estimate of drug-likeness (QED) is 0.503. The average molecular weight is 189 g/mol. The molecule has 0 aliphatic rings. The van der Waals surface area contributed by atoms with Crippen LogP contribution in [0.4, 0.5) is 5.69 Å². The summed E-state index contributed by atoms with van der Waals surface area (Å²) in [6, 6.07) is 4.49. The molecule has 5 heteroatoms. The Morgan fingerprint density at radius 3 is 2.55 bits per heavy atom. The van der Waals surface area contributed by atoms with Gasteiger partial charge in [-0.05, 0) is 12.1 Å². The number of hydrogen-bond donors (Lipinski definition) is 0. The Kier molecular flexibility index (Phi) is 2.26. The molecule has 3 nitrogen and oxygen atoms in total. The molecular formula is C6H3ClNO2S. The molecule has 0 heterocycles. The van der Waals surface area contributed by atoms with Gasteiger partial charge >= 0.3 is 5.69 Å². The fraction of sp³-hybridized carbons (Fsp3) is 0. The van der Waals surface area contributed by atoms with Crippen LogP contribution in [0.15, 0.2) is 23.1 Å². The highest BCUT2D eigenvalue weighted by molar-refractivity contribution is 7.80. The highest BCUT2D eigenvalue weighted by Gasteiger charge is 2.15. The van der Waals surface area contributed by atoms with Crippen molar-refractivity contribution in [3.05, 3.63) is 33.3 Å². The van der Waals surface area contributed by atoms with Gasteiger partial charge in [0.25, 0.3) is 0 Å². The maximum atomic E-state index is 10.3. The van der Waals surface area contributed by atoms with Crippen LogP contribution in [-0.4, -0.2) is 4.92 Å². The van der Waals surface area contributed by atoms with E-state index in [1.54, 1.807) is 6.07 Å². The molecule has 0 aliphatic heterocycles. The van der Waals surface area contributed by atoms with E-state index in [-0.39, 0.29) is 15.6 Å². The summed E-state index contributed by atoms with van der Waals surface area (Å²) in [4.78, 5) is 9.89. The molecule has 0 unspecified atom stereocenters. The highest BCUT2D eigenvalue weighted by atomic mass is 35.5. The Morgan fingerprint density at radius 2 is 2.18 bits per heavy atom. The van der Waals surface area contributed by atoms with Crippen molar-refractivity contribution in [2.75, 3.05) is 0 Å². The Hall–Kier alpha value is -0.870. The number of nitro benzene ring substituents is 1. The summed E-state index contributed by atoms with van der Waals surface area (Å²) in [5, 5.41) is 10.4. The number of halogens is 1. The Labute approximate surface area is 73.5 Å². The highest BCUT2D eigenvalue weighted by Crippen LogP contribution is 2.30. The monoisotopic (exact) mass is 188 g/mol. The number of hydrogen-bond acceptors (Lipinski definition) is 2. The Bertz CT molecular complexity index is 282. The fourth-order valence-electron chi connectivity index (χ4n) is 0.673. The molecule has 1 aromatic carbocycles. The lowest BCUT2D eigenvalue weighted by Crippen LogP contribution is -1.89. The first-order chi connectivity index (χ1) is 5.13. The number of para-hydroxylation sites is 1. The number of rotatable bonds is 1. The third-order valence-electron chi connectivity index (χ3n) is 1.13. The zero-order valence-corrected chi connectivity index (χ0v) is 6.85. The van der Waals surface area contributed by atoms with Gasteiger partial charge in [-0.15, -0.1) is 0 Å². The second-order valence-corrected chi connectivity index (χ2v) is 2.69. The third kappa shape index (κ3) is 1.58. The van der Waals surface area contributed by atoms with Crippen molar-refractivity contribution in [1.29, 1.82) is 0 Å². The fourth-order valence-corrected chi connectivity index (χ4v) is 1.24. The molecule has 57 valence electrons. The third-order valence-corrected chi connectivity index (χ3v) is 1.77. The second kappa shape index (κ2) is 3.02. The normalized spacial score (nSPS) is 9.55. The van der Waals surface area contributed by atoms with Crippen molar-refractivity contribution in [2.45, 2.75) is 4.90 Å². The molecule has 11 heavy (non-hydrogen) atoms. The Morgan fingerprint density at radius 1 is 1.55 bits per heavy atom. The topological polar surface area (TPSA) is 43.1 Å². The van der Waals surface area contributed by atoms with E-state index in [1.165, 1.54) is 12.1 Å². The van der Waals surface area contributed by atoms with Crippen molar-refractivity contribution in [3.63, 3.8) is 0 Å². The van der Waals surface area contributed by atoms with Crippen molar-refractivity contribution in [1.82, 2.24) is 0 Å². The molecule has 0 aromatic heterocycles. The molecule has 0 bridgehead atoms. The average Bonchev–Trinajstić information content (AvgIpc) is 1.85. The molecule has 1 aromatic rings. The first kappa shape index (κ1) is 8.23. The summed E-state index contributed by atoms with van der Waals surface area (Å²) in [6.45, 7) is 0. The summed E-state index contributed by atoms with van der Waals surface area (Å²) in [7, 11) is 0. The predicted octanol–water partition coefficient (Wildman–Crippen LogP) is 2.80. The molecule has 0 fully saturated rings. The molecule has 0 atom stereocenters. The maximum absolute atomic E-state index is 10.3. The molecule has 1 rings (SSSR count). The zero-order chi connectivity index (χ0) is 8.43. The summed E-state index contributed by atoms with van der Waals surface area (Å²) in [5.74, 6) is 0. The summed E-state index contributed by atoms with van der Waals surface area (Å²) in [6.07, 6.45) is 0. The molecule has 1 radical (unpaired) electrons. The number of nitrogens with zero attached hydrogens (tertiary/aromatic N) is 1. The van der Waals surface area contributed by atoms with Gasteiger partial charge in [-0.1, -0.05) is 30.3 Å². The lowest BCUT2D eigenvalue weighted by Gasteiger charge is -1.95. The van der Waals surface area contributed by atoms with E-state index in [0.717, 1.165) is 0 Å². The van der Waals surface area contributed by atoms with Gasteiger partial charge < -0.3 is 0 Å². The first-order valence-electron chi connectivity index (χ1n) is 2.73. The van der Waals surface area contributed by atoms with Crippen molar-refractivity contribution >= 4 is 29.9 Å². The van der Waals surface area contributed by atoms with Crippen molar-refractivity contribution in [3.8, 4) is 0 Å². The van der Waals surface area contributed by atoms with E-state index in [0.29, 0.717) is 0 Å². The van der Waals surface area contributed by atoms with Crippen LogP contribution in [0, 0.1) is 10.1 Å². The second-order valence-electron chi connectivity index (χ2n) is 1.84. The SMILES string of the molecule is O=[N+]([O-])c1c([S])cccc1Cl. The van der Waals surface area contributed by atoms with Gasteiger partial charge in [0.15, 0.2) is 0 Å². The minimum absolute atomic E-state index is 0.0856. The largest absolute Gasteiger partial charge is 0.305 e. The number of benzene rings is 1. The number of nitro groups is 1. The lowest BCUT2D eigenvalue weighted by molar-refractivity contribution is -0.387. The standard InChI is InChI=1S/C6H3ClNO2S/c7-4-2-1-3-5(11)6(4)8(9)10/h1-3H. The van der Waals surface area contributed by atoms with Gasteiger partial charge in [0, 0.05) is 0 Å². The van der Waals surface area contributed by atoms with Gasteiger partial charge in [-0.3, -0.25) is 10.1 Å². The smallest absolute Gasteiger partial charge is 0.258 e. The van der Waals surface area contributed by atoms with Crippen LogP contribution >= 0.6 is 24.2 Å². The summed E-state index contributed by atoms with van der Waals surface area (Å²) < 4.78 is 0. The van der Waals surface area contributed by atoms with E-state index in [4.69, 9.17) is 11.6 Å². The minimum Gasteiger partial charge on any atom is -0.258 e. The van der Waals surface area contributed by atoms with E-state index < -0.39 is 4.92 Å². The van der Waals surface area contributed by atoms with E-state index >= 15 is 0 Å². The van der Waals surface area contributed by atoms with Gasteiger partial charge in [-0.25, -0.2) is 0 Å². The van der Waals surface area contributed by atoms with Crippen LogP contribution in [0.25, 0.3) is 0 Å². The van der Waals surface area contributed by atoms with Gasteiger partial charge in [0.2, 0.25) is 0 Å². The molecular weight excluding hydrogens is 186 g/mol. The molecule has 0 aliphatic carbocycles. The molecule has 0 amide bonds. The first-order valence-corrected chi connectivity index (χ1v) is 3.51. The summed E-state index contributed by atoms with van der Waals surface area (Å²) >= 11 is 10.2. The zero-order valence-electron chi connectivity index (χ0n) is 5.28. The predicted molar refractivity (Wildman–Crippen MR) is 44.0 cm³/mol. The van der Waals surface area contributed by atoms with Crippen LogP contribution in [-0.2, 0) is 0 Å². The van der Waals surface area contributed by atoms with Crippen LogP contribution in [0.3, 0.4) is 0 Å². The lowest BCUT2D eigenvalue weighted by atomic mass is 10.3. The van der Waals surface area contributed by atoms with Crippen molar-refractivity contribution in [2.24, 2.45) is 0 Å². The van der Waals surface area contributed by atoms with Crippen molar-refractivity contribution < 1.29 is 4.92 Å². The van der Waals surface area contributed by atoms with E-state index in [2.05, 4.69) is 12.6 Å². The van der Waals surface area contributed by atoms with Crippen LogP contribution in [0.2, 0.25) is 5.02 Å². The summed E-state index contributed by atoms with van der Waals surface area (Å²) in [5.41, 5.74) is -0.191. The van der Waals surface area contributed by atoms with E-state index in [9.17, 15) is 10.1 Å².